The van der Waals surface area contributed by atoms with E-state index in [2.05, 4.69) is 15.2 Å². The highest BCUT2D eigenvalue weighted by Gasteiger charge is 2.35. The average molecular weight is 483 g/mol. The Balaban J connectivity index is 1.64. The van der Waals surface area contributed by atoms with E-state index >= 15 is 0 Å². The molecule has 180 valence electrons. The SMILES string of the molecule is CCOC1CN(c2ccccn2)CC1Nc1c(C)nc(-c2ccc(N(C)C)cc2Cl)n(C)c1=O. The first-order valence-corrected chi connectivity index (χ1v) is 11.8. The second-order valence-corrected chi connectivity index (χ2v) is 9.06. The summed E-state index contributed by atoms with van der Waals surface area (Å²) in [5.41, 5.74) is 2.65. The molecule has 1 fully saturated rings. The molecule has 0 saturated carbocycles. The number of aryl methyl sites for hydroxylation is 1. The van der Waals surface area contributed by atoms with Crippen molar-refractivity contribution in [2.45, 2.75) is 26.0 Å². The van der Waals surface area contributed by atoms with Crippen molar-refractivity contribution >= 4 is 28.8 Å². The van der Waals surface area contributed by atoms with Crippen LogP contribution in [0.4, 0.5) is 17.2 Å². The zero-order chi connectivity index (χ0) is 24.4. The predicted octanol–water partition coefficient (Wildman–Crippen LogP) is 3.58. The highest BCUT2D eigenvalue weighted by Crippen LogP contribution is 2.30. The smallest absolute Gasteiger partial charge is 0.277 e. The molecule has 0 radical (unpaired) electrons. The fourth-order valence-corrected chi connectivity index (χ4v) is 4.55. The van der Waals surface area contributed by atoms with Gasteiger partial charge in [-0.15, -0.1) is 0 Å². The minimum Gasteiger partial charge on any atom is -0.378 e. The Morgan fingerprint density at radius 1 is 1.24 bits per heavy atom. The summed E-state index contributed by atoms with van der Waals surface area (Å²) in [6.07, 6.45) is 1.70. The largest absolute Gasteiger partial charge is 0.378 e. The average Bonchev–Trinajstić information content (AvgIpc) is 3.22. The van der Waals surface area contributed by atoms with Gasteiger partial charge in [0.15, 0.2) is 0 Å². The predicted molar refractivity (Wildman–Crippen MR) is 138 cm³/mol. The van der Waals surface area contributed by atoms with Crippen LogP contribution < -0.4 is 20.7 Å². The van der Waals surface area contributed by atoms with Gasteiger partial charge in [-0.3, -0.25) is 9.36 Å². The van der Waals surface area contributed by atoms with Crippen LogP contribution in [0.25, 0.3) is 11.4 Å². The maximum absolute atomic E-state index is 13.4. The molecule has 2 atom stereocenters. The molecule has 4 rings (SSSR count). The fourth-order valence-electron chi connectivity index (χ4n) is 4.29. The van der Waals surface area contributed by atoms with E-state index < -0.39 is 0 Å². The molecule has 34 heavy (non-hydrogen) atoms. The molecule has 0 spiro atoms. The molecule has 1 N–H and O–H groups in total. The van der Waals surface area contributed by atoms with Crippen molar-refractivity contribution in [3.05, 3.63) is 63.7 Å². The van der Waals surface area contributed by atoms with E-state index in [1.54, 1.807) is 17.8 Å². The van der Waals surface area contributed by atoms with Crippen molar-refractivity contribution in [1.29, 1.82) is 0 Å². The van der Waals surface area contributed by atoms with E-state index in [0.717, 1.165) is 17.1 Å². The van der Waals surface area contributed by atoms with Crippen molar-refractivity contribution in [2.24, 2.45) is 7.05 Å². The first-order chi connectivity index (χ1) is 16.3. The number of anilines is 3. The number of halogens is 1. The van der Waals surface area contributed by atoms with E-state index in [4.69, 9.17) is 21.3 Å². The van der Waals surface area contributed by atoms with Crippen LogP contribution in [0.2, 0.25) is 5.02 Å². The van der Waals surface area contributed by atoms with Crippen molar-refractivity contribution in [3.63, 3.8) is 0 Å². The summed E-state index contributed by atoms with van der Waals surface area (Å²) >= 11 is 6.56. The molecule has 8 nitrogen and oxygen atoms in total. The molecule has 2 aromatic heterocycles. The van der Waals surface area contributed by atoms with E-state index in [-0.39, 0.29) is 17.7 Å². The molecule has 1 saturated heterocycles. The molecular weight excluding hydrogens is 452 g/mol. The maximum Gasteiger partial charge on any atom is 0.277 e. The Morgan fingerprint density at radius 3 is 2.68 bits per heavy atom. The second kappa shape index (κ2) is 10.0. The maximum atomic E-state index is 13.4. The second-order valence-electron chi connectivity index (χ2n) is 8.66. The standard InChI is InChI=1S/C25H31ClN6O2/c1-6-34-21-15-32(22-9-7-8-12-27-22)14-20(21)29-23-16(2)28-24(31(5)25(23)33)18-11-10-17(30(3)4)13-19(18)26/h7-13,20-21,29H,6,14-15H2,1-5H3. The van der Waals surface area contributed by atoms with Crippen LogP contribution >= 0.6 is 11.6 Å². The zero-order valence-electron chi connectivity index (χ0n) is 20.2. The molecule has 0 aliphatic carbocycles. The molecular formula is C25H31ClN6O2. The summed E-state index contributed by atoms with van der Waals surface area (Å²) in [6, 6.07) is 11.5. The molecule has 3 aromatic rings. The summed E-state index contributed by atoms with van der Waals surface area (Å²) in [7, 11) is 5.63. The number of rotatable bonds is 7. The molecule has 0 amide bonds. The Morgan fingerprint density at radius 2 is 2.03 bits per heavy atom. The van der Waals surface area contributed by atoms with E-state index in [1.165, 1.54) is 0 Å². The zero-order valence-corrected chi connectivity index (χ0v) is 21.0. The Labute approximate surface area is 205 Å². The number of benzene rings is 1. The molecule has 1 aromatic carbocycles. The lowest BCUT2D eigenvalue weighted by atomic mass is 10.1. The van der Waals surface area contributed by atoms with E-state index in [9.17, 15) is 4.79 Å². The molecule has 3 heterocycles. The van der Waals surface area contributed by atoms with E-state index in [0.29, 0.717) is 41.9 Å². The lowest BCUT2D eigenvalue weighted by Gasteiger charge is -2.22. The van der Waals surface area contributed by atoms with E-state index in [1.807, 2.05) is 69.2 Å². The van der Waals surface area contributed by atoms with Crippen molar-refractivity contribution in [3.8, 4) is 11.4 Å². The van der Waals surface area contributed by atoms with Gasteiger partial charge in [0.25, 0.3) is 5.56 Å². The monoisotopic (exact) mass is 482 g/mol. The third-order valence-electron chi connectivity index (χ3n) is 6.13. The number of hydrogen-bond donors (Lipinski definition) is 1. The van der Waals surface area contributed by atoms with Crippen LogP contribution in [-0.2, 0) is 11.8 Å². The van der Waals surface area contributed by atoms with Crippen LogP contribution in [0.3, 0.4) is 0 Å². The minimum atomic E-state index is -0.151. The minimum absolute atomic E-state index is 0.0797. The van der Waals surface area contributed by atoms with Gasteiger partial charge in [-0.2, -0.15) is 0 Å². The molecule has 9 heteroatoms. The lowest BCUT2D eigenvalue weighted by Crippen LogP contribution is -2.38. The topological polar surface area (TPSA) is 75.5 Å². The number of ether oxygens (including phenoxy) is 1. The summed E-state index contributed by atoms with van der Waals surface area (Å²) in [5.74, 6) is 1.43. The van der Waals surface area contributed by atoms with Crippen molar-refractivity contribution < 1.29 is 4.74 Å². The van der Waals surface area contributed by atoms with Gasteiger partial charge < -0.3 is 19.9 Å². The summed E-state index contributed by atoms with van der Waals surface area (Å²) in [5, 5.41) is 3.99. The van der Waals surface area contributed by atoms with Gasteiger partial charge in [0, 0.05) is 58.3 Å². The number of pyridine rings is 1. The summed E-state index contributed by atoms with van der Waals surface area (Å²) < 4.78 is 7.55. The van der Waals surface area contributed by atoms with Crippen LogP contribution in [-0.4, -0.2) is 60.5 Å². The van der Waals surface area contributed by atoms with Crippen LogP contribution in [0.1, 0.15) is 12.6 Å². The van der Waals surface area contributed by atoms with Gasteiger partial charge in [-0.05, 0) is 44.2 Å². The molecule has 1 aliphatic heterocycles. The summed E-state index contributed by atoms with van der Waals surface area (Å²) in [4.78, 5) is 26.8. The first-order valence-electron chi connectivity index (χ1n) is 11.4. The molecule has 0 bridgehead atoms. The van der Waals surface area contributed by atoms with Gasteiger partial charge in [0.2, 0.25) is 0 Å². The van der Waals surface area contributed by atoms with Gasteiger partial charge in [0.1, 0.15) is 17.3 Å². The first kappa shape index (κ1) is 24.0. The van der Waals surface area contributed by atoms with Crippen molar-refractivity contribution in [1.82, 2.24) is 14.5 Å². The van der Waals surface area contributed by atoms with Crippen LogP contribution in [0, 0.1) is 6.92 Å². The Kier molecular flexibility index (Phi) is 7.09. The van der Waals surface area contributed by atoms with Crippen LogP contribution in [0.15, 0.2) is 47.4 Å². The van der Waals surface area contributed by atoms with Crippen molar-refractivity contribution in [2.75, 3.05) is 48.9 Å². The Hall–Kier alpha value is -3.10. The molecule has 2 unspecified atom stereocenters. The number of nitrogens with one attached hydrogen (secondary N) is 1. The lowest BCUT2D eigenvalue weighted by molar-refractivity contribution is 0.0720. The number of nitrogens with zero attached hydrogens (tertiary/aromatic N) is 5. The van der Waals surface area contributed by atoms with Crippen LogP contribution in [0.5, 0.6) is 0 Å². The quantitative estimate of drug-likeness (QED) is 0.551. The van der Waals surface area contributed by atoms with Gasteiger partial charge >= 0.3 is 0 Å². The third kappa shape index (κ3) is 4.74. The highest BCUT2D eigenvalue weighted by molar-refractivity contribution is 6.33. The fraction of sp³-hybridized carbons (Fsp3) is 0.400. The third-order valence-corrected chi connectivity index (χ3v) is 6.44. The normalized spacial score (nSPS) is 17.8. The number of aromatic nitrogens is 3. The highest BCUT2D eigenvalue weighted by atomic mass is 35.5. The Bertz CT molecular complexity index is 1210. The van der Waals surface area contributed by atoms with Gasteiger partial charge in [-0.1, -0.05) is 17.7 Å². The molecule has 1 aliphatic rings. The number of hydrogen-bond acceptors (Lipinski definition) is 7. The summed E-state index contributed by atoms with van der Waals surface area (Å²) in [6.45, 7) is 5.78. The van der Waals surface area contributed by atoms with Gasteiger partial charge in [0.05, 0.1) is 22.9 Å². The van der Waals surface area contributed by atoms with Gasteiger partial charge in [-0.25, -0.2) is 9.97 Å².